The Hall–Kier alpha value is -1.95. The van der Waals surface area contributed by atoms with Crippen LogP contribution in [0.15, 0.2) is 35.7 Å². The van der Waals surface area contributed by atoms with Gasteiger partial charge in [-0.05, 0) is 30.5 Å². The van der Waals surface area contributed by atoms with Gasteiger partial charge >= 0.3 is 0 Å². The van der Waals surface area contributed by atoms with Gasteiger partial charge in [0.1, 0.15) is 5.82 Å². The molecule has 0 spiro atoms. The minimum atomic E-state index is -0.866. The Bertz CT molecular complexity index is 587. The Kier molecular flexibility index (Phi) is 4.68. The van der Waals surface area contributed by atoms with Gasteiger partial charge in [-0.25, -0.2) is 8.78 Å². The number of carbonyl (C=O) groups excluding carboxylic acids is 1. The predicted molar refractivity (Wildman–Crippen MR) is 72.6 cm³/mol. The van der Waals surface area contributed by atoms with E-state index in [2.05, 4.69) is 5.32 Å². The van der Waals surface area contributed by atoms with E-state index in [9.17, 15) is 13.6 Å². The van der Waals surface area contributed by atoms with Crippen molar-refractivity contribution in [2.75, 3.05) is 0 Å². The first-order valence-corrected chi connectivity index (χ1v) is 6.86. The van der Waals surface area contributed by atoms with Crippen molar-refractivity contribution in [1.29, 1.82) is 0 Å². The van der Waals surface area contributed by atoms with E-state index < -0.39 is 17.7 Å². The average Bonchev–Trinajstić information content (AvgIpc) is 2.92. The van der Waals surface area contributed by atoms with E-state index >= 15 is 0 Å². The fourth-order valence-electron chi connectivity index (χ4n) is 1.55. The maximum Gasteiger partial charge on any atom is 0.261 e. The van der Waals surface area contributed by atoms with Crippen molar-refractivity contribution in [3.05, 3.63) is 52.2 Å². The van der Waals surface area contributed by atoms with Crippen LogP contribution in [0, 0.1) is 11.6 Å². The molecule has 106 valence electrons. The third-order valence-electron chi connectivity index (χ3n) is 2.58. The number of amides is 1. The second-order valence-electron chi connectivity index (χ2n) is 4.13. The molecule has 20 heavy (non-hydrogen) atoms. The third-order valence-corrected chi connectivity index (χ3v) is 3.46. The largest absolute Gasteiger partial charge is 0.478 e. The summed E-state index contributed by atoms with van der Waals surface area (Å²) in [5.74, 6) is -2.03. The highest BCUT2D eigenvalue weighted by molar-refractivity contribution is 7.09. The number of thiophene rings is 1. The Morgan fingerprint density at radius 1 is 1.40 bits per heavy atom. The highest BCUT2D eigenvalue weighted by Gasteiger charge is 2.16. The molecule has 0 aliphatic heterocycles. The number of nitrogens with one attached hydrogen (secondary N) is 1. The molecule has 1 unspecified atom stereocenters. The Labute approximate surface area is 119 Å². The van der Waals surface area contributed by atoms with Crippen LogP contribution in [0.3, 0.4) is 0 Å². The van der Waals surface area contributed by atoms with Crippen LogP contribution in [-0.4, -0.2) is 12.0 Å². The van der Waals surface area contributed by atoms with Crippen molar-refractivity contribution < 1.29 is 18.3 Å². The molecule has 0 fully saturated rings. The minimum absolute atomic E-state index is 0.148. The molecule has 0 saturated carbocycles. The van der Waals surface area contributed by atoms with Crippen LogP contribution in [0.1, 0.15) is 11.8 Å². The second kappa shape index (κ2) is 6.47. The molecule has 1 aromatic carbocycles. The van der Waals surface area contributed by atoms with Gasteiger partial charge in [0, 0.05) is 10.9 Å². The molecule has 0 aliphatic rings. The number of halogens is 2. The number of hydrogen-bond donors (Lipinski definition) is 1. The van der Waals surface area contributed by atoms with E-state index in [0.29, 0.717) is 12.6 Å². The molecule has 2 rings (SSSR count). The predicted octanol–water partition coefficient (Wildman–Crippen LogP) is 3.11. The summed E-state index contributed by atoms with van der Waals surface area (Å²) in [4.78, 5) is 12.8. The van der Waals surface area contributed by atoms with E-state index in [1.807, 2.05) is 17.5 Å². The van der Waals surface area contributed by atoms with Crippen molar-refractivity contribution in [1.82, 2.24) is 5.32 Å². The number of carbonyl (C=O) groups is 1. The summed E-state index contributed by atoms with van der Waals surface area (Å²) in [6, 6.07) is 6.74. The highest BCUT2D eigenvalue weighted by atomic mass is 32.1. The first kappa shape index (κ1) is 14.5. The molecule has 1 N–H and O–H groups in total. The number of hydrogen-bond acceptors (Lipinski definition) is 3. The molecule has 1 amide bonds. The SMILES string of the molecule is CC(Oc1ccc(F)cc1F)C(=O)NCc1cccs1. The molecular weight excluding hydrogens is 284 g/mol. The molecular formula is C14H13F2NO2S. The normalized spacial score (nSPS) is 11.9. The van der Waals surface area contributed by atoms with Gasteiger partial charge in [0.2, 0.25) is 0 Å². The van der Waals surface area contributed by atoms with Gasteiger partial charge in [-0.2, -0.15) is 0 Å². The maximum absolute atomic E-state index is 13.4. The maximum atomic E-state index is 13.4. The summed E-state index contributed by atoms with van der Waals surface area (Å²) < 4.78 is 31.3. The van der Waals surface area contributed by atoms with Crippen molar-refractivity contribution in [2.24, 2.45) is 0 Å². The standard InChI is InChI=1S/C14H13F2NO2S/c1-9(14(18)17-8-11-3-2-6-20-11)19-13-5-4-10(15)7-12(13)16/h2-7,9H,8H2,1H3,(H,17,18). The van der Waals surface area contributed by atoms with Crippen molar-refractivity contribution >= 4 is 17.2 Å². The van der Waals surface area contributed by atoms with E-state index in [1.165, 1.54) is 18.3 Å². The Balaban J connectivity index is 1.90. The van der Waals surface area contributed by atoms with Crippen LogP contribution in [0.5, 0.6) is 5.75 Å². The number of benzene rings is 1. The monoisotopic (exact) mass is 297 g/mol. The lowest BCUT2D eigenvalue weighted by molar-refractivity contribution is -0.127. The zero-order chi connectivity index (χ0) is 14.5. The van der Waals surface area contributed by atoms with Crippen molar-refractivity contribution in [3.8, 4) is 5.75 Å². The van der Waals surface area contributed by atoms with Gasteiger partial charge in [0.05, 0.1) is 6.54 Å². The summed E-state index contributed by atoms with van der Waals surface area (Å²) in [6.07, 6.45) is -0.866. The van der Waals surface area contributed by atoms with E-state index in [0.717, 1.165) is 17.0 Å². The molecule has 0 saturated heterocycles. The van der Waals surface area contributed by atoms with Gasteiger partial charge < -0.3 is 10.1 Å². The van der Waals surface area contributed by atoms with E-state index in [1.54, 1.807) is 0 Å². The van der Waals surface area contributed by atoms with Gasteiger partial charge in [0.15, 0.2) is 17.7 Å². The zero-order valence-electron chi connectivity index (χ0n) is 10.7. The Morgan fingerprint density at radius 2 is 2.20 bits per heavy atom. The van der Waals surface area contributed by atoms with Crippen LogP contribution < -0.4 is 10.1 Å². The fraction of sp³-hybridized carbons (Fsp3) is 0.214. The molecule has 1 aromatic heterocycles. The lowest BCUT2D eigenvalue weighted by atomic mass is 10.3. The fourth-order valence-corrected chi connectivity index (χ4v) is 2.19. The summed E-state index contributed by atoms with van der Waals surface area (Å²) in [5.41, 5.74) is 0. The van der Waals surface area contributed by atoms with Crippen LogP contribution >= 0.6 is 11.3 Å². The molecule has 6 heteroatoms. The smallest absolute Gasteiger partial charge is 0.261 e. The molecule has 1 heterocycles. The third kappa shape index (κ3) is 3.77. The number of ether oxygens (including phenoxy) is 1. The molecule has 0 aliphatic carbocycles. The molecule has 0 radical (unpaired) electrons. The molecule has 3 nitrogen and oxygen atoms in total. The second-order valence-corrected chi connectivity index (χ2v) is 5.16. The highest BCUT2D eigenvalue weighted by Crippen LogP contribution is 2.19. The quantitative estimate of drug-likeness (QED) is 0.921. The van der Waals surface area contributed by atoms with E-state index in [-0.39, 0.29) is 11.7 Å². The van der Waals surface area contributed by atoms with Crippen LogP contribution in [0.4, 0.5) is 8.78 Å². The molecule has 2 aromatic rings. The molecule has 1 atom stereocenters. The lowest BCUT2D eigenvalue weighted by Gasteiger charge is -2.14. The first-order valence-electron chi connectivity index (χ1n) is 5.98. The van der Waals surface area contributed by atoms with Crippen LogP contribution in [0.2, 0.25) is 0 Å². The van der Waals surface area contributed by atoms with Crippen molar-refractivity contribution in [3.63, 3.8) is 0 Å². The summed E-state index contributed by atoms with van der Waals surface area (Å²) >= 11 is 1.53. The average molecular weight is 297 g/mol. The lowest BCUT2D eigenvalue weighted by Crippen LogP contribution is -2.35. The first-order chi connectivity index (χ1) is 9.56. The molecule has 0 bridgehead atoms. The summed E-state index contributed by atoms with van der Waals surface area (Å²) in [6.45, 7) is 1.91. The van der Waals surface area contributed by atoms with Gasteiger partial charge in [-0.1, -0.05) is 6.07 Å². The summed E-state index contributed by atoms with van der Waals surface area (Å²) in [7, 11) is 0. The van der Waals surface area contributed by atoms with Crippen LogP contribution in [-0.2, 0) is 11.3 Å². The Morgan fingerprint density at radius 3 is 2.85 bits per heavy atom. The minimum Gasteiger partial charge on any atom is -0.478 e. The van der Waals surface area contributed by atoms with Crippen molar-refractivity contribution in [2.45, 2.75) is 19.6 Å². The van der Waals surface area contributed by atoms with Gasteiger partial charge in [0.25, 0.3) is 5.91 Å². The number of rotatable bonds is 5. The summed E-state index contributed by atoms with van der Waals surface area (Å²) in [5, 5.41) is 4.60. The van der Waals surface area contributed by atoms with Crippen LogP contribution in [0.25, 0.3) is 0 Å². The van der Waals surface area contributed by atoms with Gasteiger partial charge in [-0.3, -0.25) is 4.79 Å². The van der Waals surface area contributed by atoms with Gasteiger partial charge in [-0.15, -0.1) is 11.3 Å². The van der Waals surface area contributed by atoms with E-state index in [4.69, 9.17) is 4.74 Å². The topological polar surface area (TPSA) is 38.3 Å². The zero-order valence-corrected chi connectivity index (χ0v) is 11.5.